The molecule has 0 bridgehead atoms. The van der Waals surface area contributed by atoms with Crippen LogP contribution in [0.25, 0.3) is 0 Å². The Kier molecular flexibility index (Phi) is 3.18. The molecular formula is C12H12FN3O. The average molecular weight is 233 g/mol. The minimum Gasteiger partial charge on any atom is -0.323 e. The molecule has 5 heteroatoms. The molecule has 0 spiro atoms. The molecule has 2 N–H and O–H groups in total. The predicted molar refractivity (Wildman–Crippen MR) is 62.1 cm³/mol. The van der Waals surface area contributed by atoms with Gasteiger partial charge in [-0.2, -0.15) is 5.10 Å². The quantitative estimate of drug-likeness (QED) is 0.852. The van der Waals surface area contributed by atoms with Crippen LogP contribution < -0.4 is 5.32 Å². The molecule has 0 aliphatic rings. The van der Waals surface area contributed by atoms with E-state index in [-0.39, 0.29) is 18.1 Å². The van der Waals surface area contributed by atoms with Gasteiger partial charge in [0.05, 0.1) is 24.0 Å². The molecule has 17 heavy (non-hydrogen) atoms. The van der Waals surface area contributed by atoms with Crippen molar-refractivity contribution >= 4 is 11.6 Å². The van der Waals surface area contributed by atoms with E-state index in [1.54, 1.807) is 18.3 Å². The van der Waals surface area contributed by atoms with Gasteiger partial charge in [0.2, 0.25) is 5.91 Å². The van der Waals surface area contributed by atoms with Crippen LogP contribution in [0.4, 0.5) is 10.1 Å². The lowest BCUT2D eigenvalue weighted by Gasteiger charge is -2.03. The molecule has 1 aromatic heterocycles. The zero-order valence-electron chi connectivity index (χ0n) is 9.33. The van der Waals surface area contributed by atoms with E-state index in [0.29, 0.717) is 11.3 Å². The van der Waals surface area contributed by atoms with Gasteiger partial charge in [-0.3, -0.25) is 9.89 Å². The number of nitrogens with one attached hydrogen (secondary N) is 2. The average Bonchev–Trinajstić information content (AvgIpc) is 2.64. The summed E-state index contributed by atoms with van der Waals surface area (Å²) in [6.45, 7) is 1.81. The highest BCUT2D eigenvalue weighted by molar-refractivity contribution is 5.92. The Morgan fingerprint density at radius 3 is 3.00 bits per heavy atom. The molecule has 1 aromatic carbocycles. The molecule has 88 valence electrons. The molecule has 4 nitrogen and oxygen atoms in total. The molecule has 1 heterocycles. The Morgan fingerprint density at radius 2 is 2.35 bits per heavy atom. The molecule has 0 aliphatic carbocycles. The summed E-state index contributed by atoms with van der Waals surface area (Å²) in [7, 11) is 0. The van der Waals surface area contributed by atoms with Crippen LogP contribution in [0.1, 0.15) is 11.3 Å². The standard InChI is InChI=1S/C12H12FN3O/c1-8-11(7-14-16-8)15-12(17)6-9-3-2-4-10(13)5-9/h2-5,7H,6H2,1H3,(H,14,16)(H,15,17). The van der Waals surface area contributed by atoms with Crippen molar-refractivity contribution in [2.75, 3.05) is 5.32 Å². The number of rotatable bonds is 3. The van der Waals surface area contributed by atoms with Crippen molar-refractivity contribution in [3.63, 3.8) is 0 Å². The number of amides is 1. The Labute approximate surface area is 97.9 Å². The second-order valence-electron chi connectivity index (χ2n) is 3.76. The van der Waals surface area contributed by atoms with Crippen LogP contribution in [0.15, 0.2) is 30.5 Å². The maximum atomic E-state index is 12.9. The van der Waals surface area contributed by atoms with Crippen molar-refractivity contribution in [2.45, 2.75) is 13.3 Å². The highest BCUT2D eigenvalue weighted by Crippen LogP contribution is 2.11. The highest BCUT2D eigenvalue weighted by Gasteiger charge is 2.07. The van der Waals surface area contributed by atoms with Crippen LogP contribution in [0.3, 0.4) is 0 Å². The minimum atomic E-state index is -0.338. The van der Waals surface area contributed by atoms with E-state index in [4.69, 9.17) is 0 Å². The Balaban J connectivity index is 2.01. The summed E-state index contributed by atoms with van der Waals surface area (Å²) in [5.74, 6) is -0.533. The summed E-state index contributed by atoms with van der Waals surface area (Å²) in [5.41, 5.74) is 2.08. The molecule has 0 radical (unpaired) electrons. The molecule has 0 aliphatic heterocycles. The van der Waals surface area contributed by atoms with Gasteiger partial charge in [-0.25, -0.2) is 4.39 Å². The van der Waals surface area contributed by atoms with E-state index < -0.39 is 0 Å². The summed E-state index contributed by atoms with van der Waals surface area (Å²) >= 11 is 0. The predicted octanol–water partition coefficient (Wildman–Crippen LogP) is 2.04. The van der Waals surface area contributed by atoms with E-state index in [2.05, 4.69) is 15.5 Å². The number of halogens is 1. The highest BCUT2D eigenvalue weighted by atomic mass is 19.1. The second-order valence-corrected chi connectivity index (χ2v) is 3.76. The molecule has 0 atom stereocenters. The molecule has 0 unspecified atom stereocenters. The van der Waals surface area contributed by atoms with Gasteiger partial charge >= 0.3 is 0 Å². The van der Waals surface area contributed by atoms with Crippen molar-refractivity contribution in [2.24, 2.45) is 0 Å². The number of carbonyl (C=O) groups excluding carboxylic acids is 1. The van der Waals surface area contributed by atoms with Gasteiger partial charge in [-0.05, 0) is 24.6 Å². The summed E-state index contributed by atoms with van der Waals surface area (Å²) < 4.78 is 12.9. The molecule has 1 amide bonds. The minimum absolute atomic E-state index is 0.141. The van der Waals surface area contributed by atoms with E-state index in [1.807, 2.05) is 6.92 Å². The van der Waals surface area contributed by atoms with E-state index in [1.165, 1.54) is 12.1 Å². The van der Waals surface area contributed by atoms with Gasteiger partial charge in [0.15, 0.2) is 0 Å². The third-order valence-corrected chi connectivity index (χ3v) is 2.36. The van der Waals surface area contributed by atoms with Crippen molar-refractivity contribution in [1.82, 2.24) is 10.2 Å². The number of hydrogen-bond acceptors (Lipinski definition) is 2. The zero-order valence-corrected chi connectivity index (χ0v) is 9.33. The SMILES string of the molecule is Cc1[nH]ncc1NC(=O)Cc1cccc(F)c1. The fourth-order valence-electron chi connectivity index (χ4n) is 1.50. The molecule has 0 saturated carbocycles. The van der Waals surface area contributed by atoms with Gasteiger partial charge < -0.3 is 5.32 Å². The second kappa shape index (κ2) is 4.78. The van der Waals surface area contributed by atoms with Crippen LogP contribution >= 0.6 is 0 Å². The lowest BCUT2D eigenvalue weighted by Crippen LogP contribution is -2.14. The summed E-state index contributed by atoms with van der Waals surface area (Å²) in [5, 5.41) is 9.22. The van der Waals surface area contributed by atoms with Crippen LogP contribution in [0, 0.1) is 12.7 Å². The number of aromatic nitrogens is 2. The van der Waals surface area contributed by atoms with Crippen molar-refractivity contribution in [3.8, 4) is 0 Å². The van der Waals surface area contributed by atoms with Crippen LogP contribution in [0.2, 0.25) is 0 Å². The topological polar surface area (TPSA) is 57.8 Å². The first-order chi connectivity index (χ1) is 8.15. The fourth-order valence-corrected chi connectivity index (χ4v) is 1.50. The third kappa shape index (κ3) is 2.90. The van der Waals surface area contributed by atoms with Gasteiger partial charge in [0, 0.05) is 0 Å². The fraction of sp³-hybridized carbons (Fsp3) is 0.167. The summed E-state index contributed by atoms with van der Waals surface area (Å²) in [4.78, 5) is 11.7. The Hall–Kier alpha value is -2.17. The number of hydrogen-bond donors (Lipinski definition) is 2. The van der Waals surface area contributed by atoms with Gasteiger partial charge in [-0.1, -0.05) is 12.1 Å². The lowest BCUT2D eigenvalue weighted by molar-refractivity contribution is -0.115. The molecule has 0 saturated heterocycles. The van der Waals surface area contributed by atoms with Gasteiger partial charge in [0.1, 0.15) is 5.82 Å². The lowest BCUT2D eigenvalue weighted by atomic mass is 10.1. The van der Waals surface area contributed by atoms with Crippen LogP contribution in [0.5, 0.6) is 0 Å². The van der Waals surface area contributed by atoms with E-state index in [9.17, 15) is 9.18 Å². The number of aromatic amines is 1. The number of aryl methyl sites for hydroxylation is 1. The van der Waals surface area contributed by atoms with Crippen LogP contribution in [-0.2, 0) is 11.2 Å². The molecule has 2 aromatic rings. The third-order valence-electron chi connectivity index (χ3n) is 2.36. The van der Waals surface area contributed by atoms with Crippen LogP contribution in [-0.4, -0.2) is 16.1 Å². The monoisotopic (exact) mass is 233 g/mol. The smallest absolute Gasteiger partial charge is 0.228 e. The largest absolute Gasteiger partial charge is 0.323 e. The summed E-state index contributed by atoms with van der Waals surface area (Å²) in [6.07, 6.45) is 1.68. The van der Waals surface area contributed by atoms with E-state index in [0.717, 1.165) is 5.69 Å². The maximum absolute atomic E-state index is 12.9. The number of H-pyrrole nitrogens is 1. The molecular weight excluding hydrogens is 221 g/mol. The Bertz CT molecular complexity index is 536. The molecule has 0 fully saturated rings. The first-order valence-electron chi connectivity index (χ1n) is 5.19. The van der Waals surface area contributed by atoms with Gasteiger partial charge in [0.25, 0.3) is 0 Å². The van der Waals surface area contributed by atoms with Crippen molar-refractivity contribution in [1.29, 1.82) is 0 Å². The van der Waals surface area contributed by atoms with Crippen molar-refractivity contribution in [3.05, 3.63) is 47.5 Å². The Morgan fingerprint density at radius 1 is 1.53 bits per heavy atom. The van der Waals surface area contributed by atoms with Crippen molar-refractivity contribution < 1.29 is 9.18 Å². The maximum Gasteiger partial charge on any atom is 0.228 e. The normalized spacial score (nSPS) is 10.2. The summed E-state index contributed by atoms with van der Waals surface area (Å²) in [6, 6.07) is 6.00. The first kappa shape index (κ1) is 11.3. The number of benzene rings is 1. The number of anilines is 1. The van der Waals surface area contributed by atoms with Gasteiger partial charge in [-0.15, -0.1) is 0 Å². The molecule has 2 rings (SSSR count). The number of carbonyl (C=O) groups is 1. The first-order valence-corrected chi connectivity index (χ1v) is 5.19. The zero-order chi connectivity index (χ0) is 12.3. The number of nitrogens with zero attached hydrogens (tertiary/aromatic N) is 1. The van der Waals surface area contributed by atoms with E-state index >= 15 is 0 Å².